The van der Waals surface area contributed by atoms with Gasteiger partial charge in [-0.25, -0.2) is 4.39 Å². The van der Waals surface area contributed by atoms with Crippen molar-refractivity contribution in [3.05, 3.63) is 30.1 Å². The van der Waals surface area contributed by atoms with Crippen LogP contribution in [0.5, 0.6) is 0 Å². The molecule has 0 bridgehead atoms. The highest BCUT2D eigenvalue weighted by Gasteiger charge is 2.13. The van der Waals surface area contributed by atoms with Crippen molar-refractivity contribution in [3.63, 3.8) is 0 Å². The number of rotatable bonds is 3. The van der Waals surface area contributed by atoms with Crippen LogP contribution < -0.4 is 5.32 Å². The Balaban J connectivity index is 2.62. The molecule has 3 nitrogen and oxygen atoms in total. The van der Waals surface area contributed by atoms with Crippen LogP contribution in [-0.2, 0) is 4.79 Å². The lowest BCUT2D eigenvalue weighted by atomic mass is 10.2. The van der Waals surface area contributed by atoms with Gasteiger partial charge in [-0.05, 0) is 31.2 Å². The number of nitrogens with one attached hydrogen (secondary N) is 1. The lowest BCUT2D eigenvalue weighted by Gasteiger charge is -2.18. The smallest absolute Gasteiger partial charge is 0.244 e. The van der Waals surface area contributed by atoms with E-state index in [4.69, 9.17) is 0 Å². The minimum absolute atomic E-state index is 0.0145. The van der Waals surface area contributed by atoms with Gasteiger partial charge in [0.2, 0.25) is 5.91 Å². The van der Waals surface area contributed by atoms with Crippen LogP contribution in [0.4, 0.5) is 10.1 Å². The number of hydrogen-bond donors (Lipinski definition) is 1. The first-order valence-corrected chi connectivity index (χ1v) is 4.74. The molecule has 0 aliphatic heterocycles. The number of benzene rings is 1. The summed E-state index contributed by atoms with van der Waals surface area (Å²) in [5.41, 5.74) is 0.735. The van der Waals surface area contributed by atoms with E-state index >= 15 is 0 Å². The number of nitrogens with zero attached hydrogens (tertiary/aromatic N) is 1. The van der Waals surface area contributed by atoms with Gasteiger partial charge in [-0.3, -0.25) is 4.79 Å². The van der Waals surface area contributed by atoms with E-state index in [0.29, 0.717) is 0 Å². The van der Waals surface area contributed by atoms with Crippen molar-refractivity contribution >= 4 is 11.6 Å². The Morgan fingerprint density at radius 1 is 1.33 bits per heavy atom. The minimum Gasteiger partial charge on any atom is -0.374 e. The van der Waals surface area contributed by atoms with Crippen molar-refractivity contribution in [1.29, 1.82) is 0 Å². The molecule has 0 heterocycles. The topological polar surface area (TPSA) is 32.3 Å². The van der Waals surface area contributed by atoms with E-state index < -0.39 is 0 Å². The second-order valence-corrected chi connectivity index (χ2v) is 3.61. The molecular formula is C11H15FN2O. The lowest BCUT2D eigenvalue weighted by molar-refractivity contribution is -0.129. The molecule has 0 radical (unpaired) electrons. The maximum absolute atomic E-state index is 12.6. The monoisotopic (exact) mass is 210 g/mol. The number of carbonyl (C=O) groups is 1. The standard InChI is InChI=1S/C11H15FN2O/c1-8(11(15)14(2)3)13-10-6-4-9(12)5-7-10/h4-8,13H,1-3H3. The molecule has 1 N–H and O–H groups in total. The number of halogens is 1. The predicted octanol–water partition coefficient (Wildman–Crippen LogP) is 1.71. The number of anilines is 1. The zero-order valence-corrected chi connectivity index (χ0v) is 9.12. The molecule has 15 heavy (non-hydrogen) atoms. The van der Waals surface area contributed by atoms with Crippen molar-refractivity contribution < 1.29 is 9.18 Å². The van der Waals surface area contributed by atoms with Crippen molar-refractivity contribution in [1.82, 2.24) is 4.90 Å². The Labute approximate surface area is 88.9 Å². The molecule has 0 aromatic heterocycles. The van der Waals surface area contributed by atoms with Crippen molar-refractivity contribution in [2.24, 2.45) is 0 Å². The van der Waals surface area contributed by atoms with Crippen LogP contribution in [0.25, 0.3) is 0 Å². The van der Waals surface area contributed by atoms with E-state index in [9.17, 15) is 9.18 Å². The van der Waals surface area contributed by atoms with E-state index in [1.807, 2.05) is 0 Å². The first kappa shape index (κ1) is 11.5. The van der Waals surface area contributed by atoms with Crippen molar-refractivity contribution in [3.8, 4) is 0 Å². The second kappa shape index (κ2) is 4.77. The van der Waals surface area contributed by atoms with E-state index in [1.54, 1.807) is 33.2 Å². The van der Waals surface area contributed by atoms with Gasteiger partial charge < -0.3 is 10.2 Å². The molecule has 0 fully saturated rings. The Hall–Kier alpha value is -1.58. The van der Waals surface area contributed by atoms with Gasteiger partial charge in [-0.2, -0.15) is 0 Å². The zero-order chi connectivity index (χ0) is 11.4. The Morgan fingerprint density at radius 2 is 1.87 bits per heavy atom. The summed E-state index contributed by atoms with van der Waals surface area (Å²) in [6, 6.07) is 5.61. The molecule has 1 aromatic carbocycles. The van der Waals surface area contributed by atoms with Crippen molar-refractivity contribution in [2.45, 2.75) is 13.0 Å². The summed E-state index contributed by atoms with van der Waals surface area (Å²) in [5, 5.41) is 2.99. The highest BCUT2D eigenvalue weighted by molar-refractivity contribution is 5.83. The molecule has 0 aliphatic rings. The Kier molecular flexibility index (Phi) is 3.66. The highest BCUT2D eigenvalue weighted by atomic mass is 19.1. The predicted molar refractivity (Wildman–Crippen MR) is 58.2 cm³/mol. The summed E-state index contributed by atoms with van der Waals surface area (Å²) < 4.78 is 12.6. The quantitative estimate of drug-likeness (QED) is 0.823. The van der Waals surface area contributed by atoms with Crippen LogP contribution >= 0.6 is 0 Å². The van der Waals surface area contributed by atoms with E-state index in [0.717, 1.165) is 5.69 Å². The van der Waals surface area contributed by atoms with E-state index in [-0.39, 0.29) is 17.8 Å². The van der Waals surface area contributed by atoms with Crippen LogP contribution in [0.15, 0.2) is 24.3 Å². The molecule has 1 unspecified atom stereocenters. The number of carbonyl (C=O) groups excluding carboxylic acids is 1. The van der Waals surface area contributed by atoms with Gasteiger partial charge in [-0.15, -0.1) is 0 Å². The summed E-state index contributed by atoms with van der Waals surface area (Å²) in [4.78, 5) is 13.0. The maximum atomic E-state index is 12.6. The zero-order valence-electron chi connectivity index (χ0n) is 9.12. The average Bonchev–Trinajstić information content (AvgIpc) is 2.20. The first-order chi connectivity index (χ1) is 7.00. The van der Waals surface area contributed by atoms with Crippen LogP contribution in [0, 0.1) is 5.82 Å². The molecule has 1 rings (SSSR count). The van der Waals surface area contributed by atoms with Gasteiger partial charge in [0, 0.05) is 19.8 Å². The normalized spacial score (nSPS) is 12.0. The second-order valence-electron chi connectivity index (χ2n) is 3.61. The molecule has 1 atom stereocenters. The highest BCUT2D eigenvalue weighted by Crippen LogP contribution is 2.10. The van der Waals surface area contributed by atoms with Crippen molar-refractivity contribution in [2.75, 3.05) is 19.4 Å². The fourth-order valence-electron chi connectivity index (χ4n) is 1.25. The van der Waals surface area contributed by atoms with Crippen LogP contribution in [0.2, 0.25) is 0 Å². The van der Waals surface area contributed by atoms with E-state index in [1.165, 1.54) is 17.0 Å². The first-order valence-electron chi connectivity index (χ1n) is 4.74. The molecule has 1 amide bonds. The fourth-order valence-corrected chi connectivity index (χ4v) is 1.25. The molecule has 0 aliphatic carbocycles. The third kappa shape index (κ3) is 3.23. The van der Waals surface area contributed by atoms with Crippen LogP contribution in [0.3, 0.4) is 0 Å². The minimum atomic E-state index is -0.314. The number of amides is 1. The van der Waals surface area contributed by atoms with Gasteiger partial charge in [0.1, 0.15) is 11.9 Å². The molecule has 1 aromatic rings. The molecule has 0 saturated heterocycles. The number of likely N-dealkylation sites (N-methyl/N-ethyl adjacent to an activating group) is 1. The SMILES string of the molecule is CC(Nc1ccc(F)cc1)C(=O)N(C)C. The molecule has 0 spiro atoms. The fraction of sp³-hybridized carbons (Fsp3) is 0.364. The Bertz CT molecular complexity index is 335. The van der Waals surface area contributed by atoms with Crippen LogP contribution in [0.1, 0.15) is 6.92 Å². The lowest BCUT2D eigenvalue weighted by Crippen LogP contribution is -2.36. The molecule has 82 valence electrons. The summed E-state index contributed by atoms with van der Waals surface area (Å²) in [6.07, 6.45) is 0. The summed E-state index contributed by atoms with van der Waals surface area (Å²) in [5.74, 6) is -0.300. The van der Waals surface area contributed by atoms with Gasteiger partial charge >= 0.3 is 0 Å². The summed E-state index contributed by atoms with van der Waals surface area (Å²) >= 11 is 0. The van der Waals surface area contributed by atoms with Gasteiger partial charge in [0.15, 0.2) is 0 Å². The third-order valence-electron chi connectivity index (χ3n) is 2.04. The largest absolute Gasteiger partial charge is 0.374 e. The maximum Gasteiger partial charge on any atom is 0.244 e. The Morgan fingerprint density at radius 3 is 2.33 bits per heavy atom. The number of hydrogen-bond acceptors (Lipinski definition) is 2. The third-order valence-corrected chi connectivity index (χ3v) is 2.04. The molecule has 0 saturated carbocycles. The van der Waals surface area contributed by atoms with Gasteiger partial charge in [0.05, 0.1) is 0 Å². The van der Waals surface area contributed by atoms with Gasteiger partial charge in [0.25, 0.3) is 0 Å². The summed E-state index contributed by atoms with van der Waals surface area (Å²) in [7, 11) is 3.40. The van der Waals surface area contributed by atoms with Crippen LogP contribution in [-0.4, -0.2) is 30.9 Å². The van der Waals surface area contributed by atoms with E-state index in [2.05, 4.69) is 5.32 Å². The molecule has 4 heteroatoms. The average molecular weight is 210 g/mol. The summed E-state index contributed by atoms with van der Waals surface area (Å²) in [6.45, 7) is 1.77. The molecular weight excluding hydrogens is 195 g/mol. The van der Waals surface area contributed by atoms with Gasteiger partial charge in [-0.1, -0.05) is 0 Å².